The monoisotopic (exact) mass is 260 g/mol. The van der Waals surface area contributed by atoms with Crippen molar-refractivity contribution in [3.63, 3.8) is 0 Å². The lowest BCUT2D eigenvalue weighted by Gasteiger charge is -2.10. The van der Waals surface area contributed by atoms with Gasteiger partial charge in [-0.2, -0.15) is 0 Å². The summed E-state index contributed by atoms with van der Waals surface area (Å²) in [6, 6.07) is 7.59. The molecule has 1 N–H and O–H groups in total. The zero-order chi connectivity index (χ0) is 13.7. The first kappa shape index (κ1) is 13.6. The first-order chi connectivity index (χ1) is 9.24. The molecule has 1 heterocycles. The van der Waals surface area contributed by atoms with Crippen LogP contribution in [0.4, 0.5) is 0 Å². The molecule has 4 heteroatoms. The van der Waals surface area contributed by atoms with Crippen molar-refractivity contribution in [1.29, 1.82) is 0 Å². The molecule has 0 amide bonds. The third-order valence-corrected chi connectivity index (χ3v) is 3.18. The molecule has 0 aliphatic rings. The highest BCUT2D eigenvalue weighted by Crippen LogP contribution is 2.20. The molecule has 0 spiro atoms. The Morgan fingerprint density at radius 3 is 2.63 bits per heavy atom. The normalized spacial score (nSPS) is 12.4. The molecule has 2 rings (SSSR count). The number of aliphatic hydroxyl groups is 1. The number of imidazole rings is 1. The fraction of sp³-hybridized carbons (Fsp3) is 0.400. The number of aryl methyl sites for hydroxylation is 1. The van der Waals surface area contributed by atoms with E-state index >= 15 is 0 Å². The van der Waals surface area contributed by atoms with Crippen molar-refractivity contribution in [1.82, 2.24) is 9.55 Å². The maximum absolute atomic E-state index is 9.72. The maximum atomic E-state index is 9.72. The molecule has 0 saturated carbocycles. The van der Waals surface area contributed by atoms with Crippen molar-refractivity contribution >= 4 is 0 Å². The summed E-state index contributed by atoms with van der Waals surface area (Å²) in [5, 5.41) is 9.72. The third-order valence-electron chi connectivity index (χ3n) is 3.18. The van der Waals surface area contributed by atoms with E-state index in [1.807, 2.05) is 37.4 Å². The lowest BCUT2D eigenvalue weighted by molar-refractivity contribution is 0.173. The molecule has 102 valence electrons. The Morgan fingerprint density at radius 1 is 1.26 bits per heavy atom. The fourth-order valence-corrected chi connectivity index (χ4v) is 1.93. The zero-order valence-corrected chi connectivity index (χ0v) is 11.4. The van der Waals surface area contributed by atoms with E-state index in [2.05, 4.69) is 16.5 Å². The van der Waals surface area contributed by atoms with Gasteiger partial charge in [0.15, 0.2) is 0 Å². The topological polar surface area (TPSA) is 47.3 Å². The first-order valence-corrected chi connectivity index (χ1v) is 6.64. The van der Waals surface area contributed by atoms with Crippen LogP contribution in [0.5, 0.6) is 5.75 Å². The van der Waals surface area contributed by atoms with Crippen LogP contribution in [0.1, 0.15) is 37.6 Å². The average Bonchev–Trinajstić information content (AvgIpc) is 2.92. The van der Waals surface area contributed by atoms with Crippen molar-refractivity contribution in [2.75, 3.05) is 0 Å². The molecule has 1 aromatic heterocycles. The van der Waals surface area contributed by atoms with Crippen LogP contribution in [-0.2, 0) is 13.2 Å². The van der Waals surface area contributed by atoms with E-state index in [1.165, 1.54) is 0 Å². The molecular formula is C15H20N2O2. The van der Waals surface area contributed by atoms with Gasteiger partial charge in [0.05, 0.1) is 24.3 Å². The Hall–Kier alpha value is -1.81. The molecule has 0 aliphatic heterocycles. The van der Waals surface area contributed by atoms with Gasteiger partial charge in [0.25, 0.3) is 0 Å². The Kier molecular flexibility index (Phi) is 4.58. The van der Waals surface area contributed by atoms with Gasteiger partial charge in [-0.05, 0) is 31.0 Å². The van der Waals surface area contributed by atoms with Gasteiger partial charge in [-0.15, -0.1) is 0 Å². The quantitative estimate of drug-likeness (QED) is 0.868. The summed E-state index contributed by atoms with van der Waals surface area (Å²) >= 11 is 0. The van der Waals surface area contributed by atoms with Crippen LogP contribution in [0.15, 0.2) is 36.8 Å². The second kappa shape index (κ2) is 6.38. The molecule has 0 bridgehead atoms. The van der Waals surface area contributed by atoms with Crippen LogP contribution in [-0.4, -0.2) is 14.7 Å². The van der Waals surface area contributed by atoms with E-state index < -0.39 is 6.10 Å². The minimum Gasteiger partial charge on any atom is -0.487 e. The predicted molar refractivity (Wildman–Crippen MR) is 73.9 cm³/mol. The van der Waals surface area contributed by atoms with Gasteiger partial charge in [-0.25, -0.2) is 4.98 Å². The second-order valence-electron chi connectivity index (χ2n) is 4.45. The van der Waals surface area contributed by atoms with Crippen LogP contribution < -0.4 is 4.74 Å². The second-order valence-corrected chi connectivity index (χ2v) is 4.45. The Morgan fingerprint density at radius 2 is 2.00 bits per heavy atom. The van der Waals surface area contributed by atoms with Gasteiger partial charge in [0.2, 0.25) is 0 Å². The van der Waals surface area contributed by atoms with Crippen molar-refractivity contribution in [2.45, 2.75) is 39.5 Å². The summed E-state index contributed by atoms with van der Waals surface area (Å²) in [5.74, 6) is 0.802. The molecule has 1 aromatic carbocycles. The van der Waals surface area contributed by atoms with Crippen LogP contribution in [0.2, 0.25) is 0 Å². The lowest BCUT2D eigenvalue weighted by Crippen LogP contribution is -2.03. The van der Waals surface area contributed by atoms with Crippen LogP contribution in [0.25, 0.3) is 0 Å². The van der Waals surface area contributed by atoms with Crippen molar-refractivity contribution < 1.29 is 9.84 Å². The smallest absolute Gasteiger partial charge is 0.130 e. The van der Waals surface area contributed by atoms with E-state index in [9.17, 15) is 5.11 Å². The largest absolute Gasteiger partial charge is 0.487 e. The SMILES string of the molecule is CC[C@@H](O)c1ccc(OCc2cncn2CC)cc1. The van der Waals surface area contributed by atoms with Gasteiger partial charge in [0, 0.05) is 6.54 Å². The number of ether oxygens (including phenoxy) is 1. The number of hydrogen-bond acceptors (Lipinski definition) is 3. The maximum Gasteiger partial charge on any atom is 0.130 e. The number of rotatable bonds is 6. The van der Waals surface area contributed by atoms with Gasteiger partial charge < -0.3 is 14.4 Å². The van der Waals surface area contributed by atoms with Crippen LogP contribution in [0, 0.1) is 0 Å². The summed E-state index contributed by atoms with van der Waals surface area (Å²) in [4.78, 5) is 4.10. The van der Waals surface area contributed by atoms with E-state index in [-0.39, 0.29) is 0 Å². The summed E-state index contributed by atoms with van der Waals surface area (Å²) in [6.45, 7) is 5.43. The summed E-state index contributed by atoms with van der Waals surface area (Å²) in [5.41, 5.74) is 1.98. The molecule has 0 radical (unpaired) electrons. The molecule has 0 aliphatic carbocycles. The number of hydrogen-bond donors (Lipinski definition) is 1. The predicted octanol–water partition coefficient (Wildman–Crippen LogP) is 2.93. The van der Waals surface area contributed by atoms with E-state index in [1.54, 1.807) is 6.33 Å². The van der Waals surface area contributed by atoms with Gasteiger partial charge in [-0.1, -0.05) is 19.1 Å². The molecular weight excluding hydrogens is 240 g/mol. The lowest BCUT2D eigenvalue weighted by atomic mass is 10.1. The minimum absolute atomic E-state index is 0.393. The van der Waals surface area contributed by atoms with Gasteiger partial charge in [0.1, 0.15) is 12.4 Å². The van der Waals surface area contributed by atoms with Crippen LogP contribution in [0.3, 0.4) is 0 Å². The van der Waals surface area contributed by atoms with E-state index in [0.29, 0.717) is 6.61 Å². The molecule has 1 atom stereocenters. The highest BCUT2D eigenvalue weighted by Gasteiger charge is 2.05. The average molecular weight is 260 g/mol. The van der Waals surface area contributed by atoms with Gasteiger partial charge in [-0.3, -0.25) is 0 Å². The molecule has 0 fully saturated rings. The first-order valence-electron chi connectivity index (χ1n) is 6.64. The van der Waals surface area contributed by atoms with Crippen LogP contribution >= 0.6 is 0 Å². The van der Waals surface area contributed by atoms with E-state index in [0.717, 1.165) is 30.0 Å². The Labute approximate surface area is 113 Å². The number of nitrogens with zero attached hydrogens (tertiary/aromatic N) is 2. The van der Waals surface area contributed by atoms with Crippen molar-refractivity contribution in [3.05, 3.63) is 48.0 Å². The number of benzene rings is 1. The standard InChI is InChI=1S/C15H20N2O2/c1-3-15(18)12-5-7-14(8-6-12)19-10-13-9-16-11-17(13)4-2/h5-9,11,15,18H,3-4,10H2,1-2H3/t15-/m1/s1. The van der Waals surface area contributed by atoms with E-state index in [4.69, 9.17) is 4.74 Å². The molecule has 0 unspecified atom stereocenters. The summed E-state index contributed by atoms with van der Waals surface area (Å²) < 4.78 is 7.77. The zero-order valence-electron chi connectivity index (χ0n) is 11.4. The van der Waals surface area contributed by atoms with Crippen molar-refractivity contribution in [3.8, 4) is 5.75 Å². The highest BCUT2D eigenvalue weighted by molar-refractivity contribution is 5.28. The number of aromatic nitrogens is 2. The summed E-state index contributed by atoms with van der Waals surface area (Å²) in [6.07, 6.45) is 3.95. The fourth-order valence-electron chi connectivity index (χ4n) is 1.93. The van der Waals surface area contributed by atoms with Gasteiger partial charge >= 0.3 is 0 Å². The Balaban J connectivity index is 1.96. The molecule has 19 heavy (non-hydrogen) atoms. The molecule has 4 nitrogen and oxygen atoms in total. The summed E-state index contributed by atoms with van der Waals surface area (Å²) in [7, 11) is 0. The highest BCUT2D eigenvalue weighted by atomic mass is 16.5. The molecule has 2 aromatic rings. The Bertz CT molecular complexity index is 505. The number of aliphatic hydroxyl groups excluding tert-OH is 1. The minimum atomic E-state index is -0.393. The third kappa shape index (κ3) is 3.35. The van der Waals surface area contributed by atoms with Crippen molar-refractivity contribution in [2.24, 2.45) is 0 Å². The molecule has 0 saturated heterocycles.